The third kappa shape index (κ3) is 8.26. The van der Waals surface area contributed by atoms with Crippen molar-refractivity contribution in [2.45, 2.75) is 14.7 Å². The molecule has 0 N–H and O–H groups in total. The van der Waals surface area contributed by atoms with Crippen molar-refractivity contribution in [2.24, 2.45) is 0 Å². The molecule has 0 heterocycles. The van der Waals surface area contributed by atoms with Gasteiger partial charge in [-0.2, -0.15) is 0 Å². The van der Waals surface area contributed by atoms with Crippen LogP contribution in [-0.2, 0) is 34.9 Å². The van der Waals surface area contributed by atoms with Gasteiger partial charge in [0, 0.05) is 15.9 Å². The van der Waals surface area contributed by atoms with Gasteiger partial charge in [-0.15, -0.1) is 0 Å². The fourth-order valence-electron chi connectivity index (χ4n) is 3.04. The van der Waals surface area contributed by atoms with Crippen LogP contribution in [0.3, 0.4) is 0 Å². The first kappa shape index (κ1) is 37.5. The minimum atomic E-state index is -5.45. The Morgan fingerprint density at radius 1 is 0.568 bits per heavy atom. The van der Waals surface area contributed by atoms with Crippen LogP contribution >= 0.6 is 7.14 Å². The van der Waals surface area contributed by atoms with E-state index in [-0.39, 0.29) is 88.7 Å². The maximum absolute atomic E-state index is 14.3. The molecule has 0 amide bonds. The number of halogens is 2. The van der Waals surface area contributed by atoms with E-state index in [2.05, 4.69) is 0 Å². The minimum absolute atomic E-state index is 0. The molecule has 0 unspecified atom stereocenters. The molecule has 0 aliphatic rings. The SMILES string of the molecule is O=P(c1cccc(S(=O)(=O)[O-])c1)(c1ccc(F)c(S(=O)(=O)[O-])c1)c1ccc(F)c(S(=O)(=O)[O-])c1.[Na+].[Na+].[Na+]. The topological polar surface area (TPSA) is 189 Å². The summed E-state index contributed by atoms with van der Waals surface area (Å²) in [6.45, 7) is 0. The fourth-order valence-corrected chi connectivity index (χ4v) is 7.68. The Kier molecular flexibility index (Phi) is 13.6. The van der Waals surface area contributed by atoms with Crippen molar-refractivity contribution in [3.63, 3.8) is 0 Å². The number of benzene rings is 3. The summed E-state index contributed by atoms with van der Waals surface area (Å²) in [5, 5.41) is -1.75. The molecule has 0 saturated heterocycles. The Bertz CT molecular complexity index is 1610. The van der Waals surface area contributed by atoms with E-state index in [4.69, 9.17) is 0 Å². The first-order valence-electron chi connectivity index (χ1n) is 8.64. The van der Waals surface area contributed by atoms with Gasteiger partial charge >= 0.3 is 88.7 Å². The largest absolute Gasteiger partial charge is 1.00 e. The quantitative estimate of drug-likeness (QED) is 0.145. The van der Waals surface area contributed by atoms with E-state index in [0.29, 0.717) is 30.3 Å². The summed E-state index contributed by atoms with van der Waals surface area (Å²) in [6, 6.07) is 6.69. The summed E-state index contributed by atoms with van der Waals surface area (Å²) in [5.74, 6) is -3.02. The molecule has 3 aromatic carbocycles. The molecule has 0 aliphatic carbocycles. The van der Waals surface area contributed by atoms with Gasteiger partial charge in [0.05, 0.1) is 14.7 Å². The molecule has 3 aromatic rings. The third-order valence-corrected chi connectivity index (χ3v) is 10.1. The Morgan fingerprint density at radius 2 is 0.946 bits per heavy atom. The van der Waals surface area contributed by atoms with Gasteiger partial charge in [0.1, 0.15) is 42.0 Å². The summed E-state index contributed by atoms with van der Waals surface area (Å²) < 4.78 is 145. The van der Waals surface area contributed by atoms with Crippen LogP contribution < -0.4 is 105 Å². The maximum atomic E-state index is 14.3. The second-order valence-corrected chi connectivity index (χ2v) is 13.5. The molecule has 3 rings (SSSR count). The zero-order chi connectivity index (χ0) is 25.7. The van der Waals surface area contributed by atoms with Crippen LogP contribution in [0.25, 0.3) is 0 Å². The zero-order valence-electron chi connectivity index (χ0n) is 19.3. The van der Waals surface area contributed by atoms with Gasteiger partial charge in [0.25, 0.3) is 0 Å². The normalized spacial score (nSPS) is 12.0. The molecule has 0 atom stereocenters. The molecule has 0 saturated carbocycles. The van der Waals surface area contributed by atoms with Gasteiger partial charge in [0.15, 0.2) is 7.14 Å². The minimum Gasteiger partial charge on any atom is -0.744 e. The molecule has 19 heteroatoms. The summed E-state index contributed by atoms with van der Waals surface area (Å²) in [5.41, 5.74) is 0. The van der Waals surface area contributed by atoms with Gasteiger partial charge in [-0.1, -0.05) is 12.1 Å². The van der Waals surface area contributed by atoms with Crippen LogP contribution in [-0.4, -0.2) is 38.9 Å². The van der Waals surface area contributed by atoms with Crippen LogP contribution in [0, 0.1) is 11.6 Å². The predicted molar refractivity (Wildman–Crippen MR) is 110 cm³/mol. The third-order valence-electron chi connectivity index (χ3n) is 4.57. The molecule has 0 fully saturated rings. The van der Waals surface area contributed by atoms with Gasteiger partial charge < -0.3 is 18.2 Å². The van der Waals surface area contributed by atoms with Crippen molar-refractivity contribution in [1.82, 2.24) is 0 Å². The number of hydrogen-bond acceptors (Lipinski definition) is 10. The van der Waals surface area contributed by atoms with Crippen molar-refractivity contribution in [3.8, 4) is 0 Å². The monoisotopic (exact) mass is 620 g/mol. The summed E-state index contributed by atoms with van der Waals surface area (Å²) >= 11 is 0. The zero-order valence-corrected chi connectivity index (χ0v) is 28.6. The van der Waals surface area contributed by atoms with E-state index in [9.17, 15) is 52.3 Å². The second kappa shape index (κ2) is 13.4. The van der Waals surface area contributed by atoms with Gasteiger partial charge in [-0.25, -0.2) is 34.0 Å². The van der Waals surface area contributed by atoms with Crippen molar-refractivity contribution in [3.05, 3.63) is 72.3 Å². The standard InChI is InChI=1S/C18H13F2O10PS3.3Na/c19-15-6-4-12(9-17(15)33(25,26)27)31(21,11-2-1-3-14(8-11)32(22,23)24)13-5-7-16(20)18(10-13)34(28,29)30;;;/h1-10H,(H,22,23,24)(H,25,26,27)(H,28,29,30);;;/q;3*+1/p-3. The average Bonchev–Trinajstić information content (AvgIpc) is 2.71. The molecule has 182 valence electrons. The number of rotatable bonds is 6. The average molecular weight is 620 g/mol. The van der Waals surface area contributed by atoms with E-state index in [1.54, 1.807) is 0 Å². The fraction of sp³-hybridized carbons (Fsp3) is 0. The van der Waals surface area contributed by atoms with E-state index >= 15 is 0 Å². The molecule has 0 spiro atoms. The van der Waals surface area contributed by atoms with Crippen LogP contribution in [0.1, 0.15) is 0 Å². The Balaban J connectivity index is 0.00000432. The van der Waals surface area contributed by atoms with Crippen LogP contribution in [0.5, 0.6) is 0 Å². The van der Waals surface area contributed by atoms with Crippen LogP contribution in [0.2, 0.25) is 0 Å². The first-order chi connectivity index (χ1) is 15.5. The van der Waals surface area contributed by atoms with Gasteiger partial charge in [-0.3, -0.25) is 0 Å². The molecule has 10 nitrogen and oxygen atoms in total. The molecule has 37 heavy (non-hydrogen) atoms. The summed E-state index contributed by atoms with van der Waals surface area (Å²) in [7, 11) is -20.7. The Hall–Kier alpha value is 0.480. The van der Waals surface area contributed by atoms with Gasteiger partial charge in [-0.05, 0) is 48.5 Å². The molecule has 0 radical (unpaired) electrons. The molecule has 0 bridgehead atoms. The first-order valence-corrected chi connectivity index (χ1v) is 14.6. The molecular formula is C18H10F2Na3O10PS3. The van der Waals surface area contributed by atoms with Crippen molar-refractivity contribution in [2.75, 3.05) is 0 Å². The smallest absolute Gasteiger partial charge is 0.744 e. The van der Waals surface area contributed by atoms with Crippen LogP contribution in [0.15, 0.2) is 75.4 Å². The van der Waals surface area contributed by atoms with E-state index < -0.39 is 79.7 Å². The molecule has 0 aromatic heterocycles. The van der Waals surface area contributed by atoms with Crippen molar-refractivity contribution in [1.29, 1.82) is 0 Å². The number of hydrogen-bond donors (Lipinski definition) is 0. The summed E-state index contributed by atoms with van der Waals surface area (Å²) in [6.07, 6.45) is 0. The molecule has 0 aliphatic heterocycles. The molecular weight excluding hydrogens is 610 g/mol. The van der Waals surface area contributed by atoms with Crippen LogP contribution in [0.4, 0.5) is 8.78 Å². The van der Waals surface area contributed by atoms with Crippen molar-refractivity contribution >= 4 is 53.4 Å². The summed E-state index contributed by atoms with van der Waals surface area (Å²) in [4.78, 5) is -3.75. The van der Waals surface area contributed by atoms with E-state index in [1.807, 2.05) is 0 Å². The Morgan fingerprint density at radius 3 is 1.30 bits per heavy atom. The maximum Gasteiger partial charge on any atom is 1.00 e. The Labute approximate surface area is 277 Å². The van der Waals surface area contributed by atoms with E-state index in [1.165, 1.54) is 0 Å². The van der Waals surface area contributed by atoms with E-state index in [0.717, 1.165) is 30.3 Å². The van der Waals surface area contributed by atoms with Crippen molar-refractivity contribution < 1.29 is 141 Å². The predicted octanol–water partition coefficient (Wildman–Crippen LogP) is -8.67. The second-order valence-electron chi connectivity index (χ2n) is 6.70. The van der Waals surface area contributed by atoms with Gasteiger partial charge in [0.2, 0.25) is 0 Å².